The Morgan fingerprint density at radius 1 is 1.47 bits per heavy atom. The van der Waals surface area contributed by atoms with Crippen LogP contribution in [-0.2, 0) is 0 Å². The highest BCUT2D eigenvalue weighted by atomic mass is 35.5. The largest absolute Gasteiger partial charge is 0.476 e. The fourth-order valence-corrected chi connectivity index (χ4v) is 2.57. The zero-order chi connectivity index (χ0) is 13.8. The van der Waals surface area contributed by atoms with Crippen LogP contribution < -0.4 is 5.32 Å². The first kappa shape index (κ1) is 14.1. The van der Waals surface area contributed by atoms with E-state index >= 15 is 0 Å². The summed E-state index contributed by atoms with van der Waals surface area (Å²) in [7, 11) is 0. The molecule has 0 spiro atoms. The summed E-state index contributed by atoms with van der Waals surface area (Å²) in [6.45, 7) is 0.685. The lowest BCUT2D eigenvalue weighted by Gasteiger charge is -2.26. The van der Waals surface area contributed by atoms with E-state index in [2.05, 4.69) is 10.3 Å². The molecule has 0 bridgehead atoms. The van der Waals surface area contributed by atoms with Gasteiger partial charge in [-0.15, -0.1) is 0 Å². The van der Waals surface area contributed by atoms with Gasteiger partial charge < -0.3 is 15.5 Å². The van der Waals surface area contributed by atoms with Gasteiger partial charge in [-0.3, -0.25) is 0 Å². The zero-order valence-electron chi connectivity index (χ0n) is 10.5. The fraction of sp³-hybridized carbons (Fsp3) is 0.538. The van der Waals surface area contributed by atoms with Crippen molar-refractivity contribution in [2.24, 2.45) is 5.92 Å². The number of aromatic nitrogens is 1. The molecule has 1 aromatic rings. The average Bonchev–Trinajstić information content (AvgIpc) is 2.37. The van der Waals surface area contributed by atoms with Crippen molar-refractivity contribution in [1.29, 1.82) is 0 Å². The van der Waals surface area contributed by atoms with Gasteiger partial charge in [-0.2, -0.15) is 0 Å². The number of carboxylic acid groups (broad SMARTS) is 1. The number of carboxylic acids is 1. The van der Waals surface area contributed by atoms with Gasteiger partial charge in [0.25, 0.3) is 0 Å². The Hall–Kier alpha value is -1.33. The summed E-state index contributed by atoms with van der Waals surface area (Å²) in [5.74, 6) is -0.238. The number of carbonyl (C=O) groups is 1. The average molecular weight is 285 g/mol. The Balaban J connectivity index is 1.96. The molecule has 1 fully saturated rings. The van der Waals surface area contributed by atoms with E-state index in [0.717, 1.165) is 25.7 Å². The second kappa shape index (κ2) is 6.21. The molecular formula is C13H17ClN2O3. The number of pyridine rings is 1. The second-order valence-electron chi connectivity index (χ2n) is 4.90. The molecule has 1 aliphatic carbocycles. The van der Waals surface area contributed by atoms with Crippen LogP contribution in [0.5, 0.6) is 0 Å². The molecule has 2 rings (SSSR count). The quantitative estimate of drug-likeness (QED) is 0.791. The maximum atomic E-state index is 10.9. The second-order valence-corrected chi connectivity index (χ2v) is 5.31. The number of nitrogens with one attached hydrogen (secondary N) is 1. The summed E-state index contributed by atoms with van der Waals surface area (Å²) >= 11 is 5.76. The fourth-order valence-electron chi connectivity index (χ4n) is 2.39. The molecule has 104 valence electrons. The van der Waals surface area contributed by atoms with E-state index in [-0.39, 0.29) is 16.8 Å². The van der Waals surface area contributed by atoms with Crippen molar-refractivity contribution >= 4 is 23.4 Å². The molecular weight excluding hydrogens is 268 g/mol. The third kappa shape index (κ3) is 3.81. The molecule has 5 nitrogen and oxygen atoms in total. The first-order valence-corrected chi connectivity index (χ1v) is 6.76. The van der Waals surface area contributed by atoms with Gasteiger partial charge in [-0.25, -0.2) is 9.78 Å². The summed E-state index contributed by atoms with van der Waals surface area (Å²) in [6.07, 6.45) is 3.55. The monoisotopic (exact) mass is 284 g/mol. The Morgan fingerprint density at radius 3 is 2.95 bits per heavy atom. The molecule has 1 aromatic heterocycles. The maximum Gasteiger partial charge on any atom is 0.356 e. The van der Waals surface area contributed by atoms with E-state index in [1.165, 1.54) is 6.07 Å². The lowest BCUT2D eigenvalue weighted by molar-refractivity contribution is 0.0691. The van der Waals surface area contributed by atoms with E-state index in [1.54, 1.807) is 6.07 Å². The molecule has 2 atom stereocenters. The third-order valence-electron chi connectivity index (χ3n) is 3.38. The number of anilines is 1. The summed E-state index contributed by atoms with van der Waals surface area (Å²) in [4.78, 5) is 14.9. The highest BCUT2D eigenvalue weighted by Gasteiger charge is 2.20. The highest BCUT2D eigenvalue weighted by molar-refractivity contribution is 6.33. The van der Waals surface area contributed by atoms with Gasteiger partial charge >= 0.3 is 5.97 Å². The van der Waals surface area contributed by atoms with Crippen molar-refractivity contribution in [3.05, 3.63) is 22.8 Å². The summed E-state index contributed by atoms with van der Waals surface area (Å²) < 4.78 is 0. The number of aromatic carboxylic acids is 1. The van der Waals surface area contributed by atoms with Crippen molar-refractivity contribution in [1.82, 2.24) is 4.98 Å². The van der Waals surface area contributed by atoms with Gasteiger partial charge in [0.2, 0.25) is 0 Å². The van der Waals surface area contributed by atoms with E-state index in [1.807, 2.05) is 0 Å². The van der Waals surface area contributed by atoms with Crippen LogP contribution in [0.1, 0.15) is 36.2 Å². The summed E-state index contributed by atoms with van der Waals surface area (Å²) in [5.41, 5.74) is -0.143. The number of nitrogens with zero attached hydrogens (tertiary/aromatic N) is 1. The van der Waals surface area contributed by atoms with Crippen LogP contribution in [0.15, 0.2) is 12.1 Å². The van der Waals surface area contributed by atoms with Gasteiger partial charge in [0, 0.05) is 6.54 Å². The minimum atomic E-state index is -1.14. The van der Waals surface area contributed by atoms with Crippen molar-refractivity contribution in [3.63, 3.8) is 0 Å². The van der Waals surface area contributed by atoms with Crippen LogP contribution in [-0.4, -0.2) is 33.8 Å². The van der Waals surface area contributed by atoms with Crippen LogP contribution in [0.25, 0.3) is 0 Å². The molecule has 3 N–H and O–H groups in total. The Bertz CT molecular complexity index is 467. The molecule has 2 unspecified atom stereocenters. The normalized spacial score (nSPS) is 23.1. The van der Waals surface area contributed by atoms with Crippen molar-refractivity contribution in [3.8, 4) is 0 Å². The Morgan fingerprint density at radius 2 is 2.26 bits per heavy atom. The van der Waals surface area contributed by atoms with Crippen molar-refractivity contribution < 1.29 is 15.0 Å². The number of aliphatic hydroxyl groups is 1. The summed E-state index contributed by atoms with van der Waals surface area (Å²) in [6, 6.07) is 3.18. The maximum absolute atomic E-state index is 10.9. The molecule has 0 aliphatic heterocycles. The lowest BCUT2D eigenvalue weighted by Crippen LogP contribution is -2.25. The van der Waals surface area contributed by atoms with E-state index in [9.17, 15) is 9.90 Å². The Labute approximate surface area is 116 Å². The predicted octanol–water partition coefficient (Wildman–Crippen LogP) is 2.40. The van der Waals surface area contributed by atoms with Gasteiger partial charge in [0.15, 0.2) is 5.69 Å². The van der Waals surface area contributed by atoms with Crippen LogP contribution in [0.3, 0.4) is 0 Å². The third-order valence-corrected chi connectivity index (χ3v) is 3.68. The van der Waals surface area contributed by atoms with Gasteiger partial charge in [0.05, 0.1) is 11.1 Å². The molecule has 1 heterocycles. The van der Waals surface area contributed by atoms with Crippen molar-refractivity contribution in [2.45, 2.75) is 31.8 Å². The van der Waals surface area contributed by atoms with E-state index < -0.39 is 5.97 Å². The predicted molar refractivity (Wildman–Crippen MR) is 72.7 cm³/mol. The first-order chi connectivity index (χ1) is 9.06. The van der Waals surface area contributed by atoms with E-state index in [4.69, 9.17) is 16.7 Å². The van der Waals surface area contributed by atoms with Crippen molar-refractivity contribution in [2.75, 3.05) is 11.9 Å². The molecule has 0 amide bonds. The van der Waals surface area contributed by atoms with E-state index in [0.29, 0.717) is 18.3 Å². The van der Waals surface area contributed by atoms with Gasteiger partial charge in [0.1, 0.15) is 5.82 Å². The molecule has 0 radical (unpaired) electrons. The number of rotatable bonds is 4. The number of halogens is 1. The Kier molecular flexibility index (Phi) is 4.61. The topological polar surface area (TPSA) is 82.5 Å². The number of hydrogen-bond acceptors (Lipinski definition) is 4. The standard InChI is InChI=1S/C13H17ClN2O3/c14-10-4-5-11(16-12(10)13(18)19)15-7-8-2-1-3-9(17)6-8/h4-5,8-9,17H,1-3,6-7H2,(H,15,16)(H,18,19). The zero-order valence-corrected chi connectivity index (χ0v) is 11.2. The minimum absolute atomic E-state index is 0.131. The van der Waals surface area contributed by atoms with Crippen LogP contribution in [0.4, 0.5) is 5.82 Å². The molecule has 1 saturated carbocycles. The lowest BCUT2D eigenvalue weighted by atomic mass is 9.87. The highest BCUT2D eigenvalue weighted by Crippen LogP contribution is 2.24. The number of hydrogen-bond donors (Lipinski definition) is 3. The van der Waals surface area contributed by atoms with Crippen LogP contribution in [0, 0.1) is 5.92 Å². The minimum Gasteiger partial charge on any atom is -0.476 e. The first-order valence-electron chi connectivity index (χ1n) is 6.38. The molecule has 0 aromatic carbocycles. The number of aliphatic hydroxyl groups excluding tert-OH is 1. The molecule has 0 saturated heterocycles. The van der Waals surface area contributed by atoms with Gasteiger partial charge in [-0.05, 0) is 37.3 Å². The SMILES string of the molecule is O=C(O)c1nc(NCC2CCCC(O)C2)ccc1Cl. The molecule has 1 aliphatic rings. The molecule has 6 heteroatoms. The molecule has 19 heavy (non-hydrogen) atoms. The summed E-state index contributed by atoms with van der Waals surface area (Å²) in [5, 5.41) is 21.8. The van der Waals surface area contributed by atoms with Gasteiger partial charge in [-0.1, -0.05) is 18.0 Å². The van der Waals surface area contributed by atoms with Crippen LogP contribution >= 0.6 is 11.6 Å². The van der Waals surface area contributed by atoms with Crippen LogP contribution in [0.2, 0.25) is 5.02 Å². The smallest absolute Gasteiger partial charge is 0.356 e.